The Labute approximate surface area is 111 Å². The van der Waals surface area contributed by atoms with Crippen molar-refractivity contribution in [2.24, 2.45) is 17.6 Å². The summed E-state index contributed by atoms with van der Waals surface area (Å²) in [4.78, 5) is 14.4. The Bertz CT molecular complexity index is 255. The molecular formula is C14H29N3O. The van der Waals surface area contributed by atoms with Crippen molar-refractivity contribution in [3.05, 3.63) is 0 Å². The maximum atomic E-state index is 12.0. The van der Waals surface area contributed by atoms with Gasteiger partial charge in [-0.1, -0.05) is 20.3 Å². The van der Waals surface area contributed by atoms with E-state index >= 15 is 0 Å². The lowest BCUT2D eigenvalue weighted by molar-refractivity contribution is -0.125. The van der Waals surface area contributed by atoms with Gasteiger partial charge in [0.25, 0.3) is 0 Å². The second kappa shape index (κ2) is 7.74. The highest BCUT2D eigenvalue weighted by atomic mass is 16.1. The third-order valence-corrected chi connectivity index (χ3v) is 3.84. The van der Waals surface area contributed by atoms with Gasteiger partial charge < -0.3 is 16.0 Å². The fourth-order valence-corrected chi connectivity index (χ4v) is 2.64. The van der Waals surface area contributed by atoms with Gasteiger partial charge in [-0.2, -0.15) is 0 Å². The van der Waals surface area contributed by atoms with Crippen molar-refractivity contribution < 1.29 is 4.79 Å². The van der Waals surface area contributed by atoms with Crippen molar-refractivity contribution in [3.8, 4) is 0 Å². The molecule has 1 saturated heterocycles. The van der Waals surface area contributed by atoms with Gasteiger partial charge in [-0.25, -0.2) is 0 Å². The van der Waals surface area contributed by atoms with Gasteiger partial charge in [0.2, 0.25) is 5.91 Å². The van der Waals surface area contributed by atoms with Gasteiger partial charge >= 0.3 is 0 Å². The molecule has 106 valence electrons. The molecule has 1 heterocycles. The third-order valence-electron chi connectivity index (χ3n) is 3.84. The summed E-state index contributed by atoms with van der Waals surface area (Å²) in [6, 6.07) is 0.500. The predicted molar refractivity (Wildman–Crippen MR) is 75.3 cm³/mol. The molecule has 1 amide bonds. The van der Waals surface area contributed by atoms with E-state index in [0.717, 1.165) is 19.5 Å². The van der Waals surface area contributed by atoms with Crippen LogP contribution in [0.2, 0.25) is 0 Å². The predicted octanol–water partition coefficient (Wildman–Crippen LogP) is 1.21. The third kappa shape index (κ3) is 4.94. The number of nitrogens with two attached hydrogens (primary N) is 1. The monoisotopic (exact) mass is 255 g/mol. The van der Waals surface area contributed by atoms with Crippen LogP contribution in [0.3, 0.4) is 0 Å². The van der Waals surface area contributed by atoms with Crippen LogP contribution >= 0.6 is 0 Å². The minimum Gasteiger partial charge on any atom is -0.354 e. The van der Waals surface area contributed by atoms with Crippen molar-refractivity contribution in [3.63, 3.8) is 0 Å². The Balaban J connectivity index is 2.34. The Morgan fingerprint density at radius 1 is 1.44 bits per heavy atom. The van der Waals surface area contributed by atoms with Crippen LogP contribution in [0.15, 0.2) is 0 Å². The second-order valence-corrected chi connectivity index (χ2v) is 5.94. The Hall–Kier alpha value is -0.610. The van der Waals surface area contributed by atoms with E-state index in [1.165, 1.54) is 19.3 Å². The van der Waals surface area contributed by atoms with Gasteiger partial charge in [-0.15, -0.1) is 0 Å². The molecule has 0 bridgehead atoms. The van der Waals surface area contributed by atoms with E-state index in [0.29, 0.717) is 18.5 Å². The molecule has 0 radical (unpaired) electrons. The number of piperidine rings is 1. The van der Waals surface area contributed by atoms with Gasteiger partial charge in [-0.05, 0) is 38.8 Å². The highest BCUT2D eigenvalue weighted by molar-refractivity contribution is 5.78. The zero-order valence-electron chi connectivity index (χ0n) is 12.1. The summed E-state index contributed by atoms with van der Waals surface area (Å²) in [5, 5.41) is 3.08. The smallest absolute Gasteiger partial charge is 0.224 e. The van der Waals surface area contributed by atoms with Crippen LogP contribution in [-0.2, 0) is 4.79 Å². The van der Waals surface area contributed by atoms with Gasteiger partial charge in [0, 0.05) is 19.1 Å². The summed E-state index contributed by atoms with van der Waals surface area (Å²) in [6.07, 6.45) is 4.62. The van der Waals surface area contributed by atoms with E-state index < -0.39 is 0 Å². The van der Waals surface area contributed by atoms with Gasteiger partial charge in [0.05, 0.1) is 5.92 Å². The van der Waals surface area contributed by atoms with Crippen molar-refractivity contribution in [2.45, 2.75) is 45.6 Å². The van der Waals surface area contributed by atoms with Crippen LogP contribution in [0.5, 0.6) is 0 Å². The van der Waals surface area contributed by atoms with E-state index in [1.54, 1.807) is 0 Å². The zero-order valence-corrected chi connectivity index (χ0v) is 12.1. The molecule has 4 nitrogen and oxygen atoms in total. The molecule has 0 aromatic rings. The maximum absolute atomic E-state index is 12.0. The lowest BCUT2D eigenvalue weighted by atomic mass is 9.96. The number of hydrogen-bond donors (Lipinski definition) is 2. The van der Waals surface area contributed by atoms with Crippen LogP contribution in [0.4, 0.5) is 0 Å². The number of likely N-dealkylation sites (N-methyl/N-ethyl adjacent to an activating group) is 1. The van der Waals surface area contributed by atoms with E-state index in [-0.39, 0.29) is 11.8 Å². The molecular weight excluding hydrogens is 226 g/mol. The molecule has 1 aliphatic rings. The number of nitrogens with one attached hydrogen (secondary N) is 1. The number of likely N-dealkylation sites (tertiary alicyclic amines) is 1. The van der Waals surface area contributed by atoms with E-state index in [1.807, 2.05) is 0 Å². The molecule has 3 N–H and O–H groups in total. The first-order valence-corrected chi connectivity index (χ1v) is 7.22. The van der Waals surface area contributed by atoms with E-state index in [9.17, 15) is 4.79 Å². The maximum Gasteiger partial charge on any atom is 0.224 e. The quantitative estimate of drug-likeness (QED) is 0.750. The molecule has 1 fully saturated rings. The molecule has 0 aromatic heterocycles. The summed E-state index contributed by atoms with van der Waals surface area (Å²) in [5.74, 6) is 0.616. The van der Waals surface area contributed by atoms with E-state index in [2.05, 4.69) is 31.1 Å². The van der Waals surface area contributed by atoms with Gasteiger partial charge in [0.1, 0.15) is 0 Å². The van der Waals surface area contributed by atoms with Crippen molar-refractivity contribution in [1.82, 2.24) is 10.2 Å². The number of carbonyl (C=O) groups is 1. The highest BCUT2D eigenvalue weighted by Crippen LogP contribution is 2.15. The summed E-state index contributed by atoms with van der Waals surface area (Å²) in [5.41, 5.74) is 5.69. The lowest BCUT2D eigenvalue weighted by Crippen LogP contribution is -2.46. The minimum absolute atomic E-state index is 0.0288. The molecule has 0 saturated carbocycles. The minimum atomic E-state index is -0.0288. The first-order chi connectivity index (χ1) is 8.54. The summed E-state index contributed by atoms with van der Waals surface area (Å²) < 4.78 is 0. The number of hydrogen-bond acceptors (Lipinski definition) is 3. The van der Waals surface area contributed by atoms with Crippen LogP contribution < -0.4 is 11.1 Å². The molecule has 4 heteroatoms. The summed E-state index contributed by atoms with van der Waals surface area (Å²) in [7, 11) is 2.14. The Morgan fingerprint density at radius 3 is 2.72 bits per heavy atom. The van der Waals surface area contributed by atoms with Crippen LogP contribution in [0.25, 0.3) is 0 Å². The molecule has 1 aliphatic heterocycles. The van der Waals surface area contributed by atoms with Crippen LogP contribution in [0.1, 0.15) is 39.5 Å². The zero-order chi connectivity index (χ0) is 13.5. The normalized spacial score (nSPS) is 23.1. The number of nitrogens with zero attached hydrogens (tertiary/aromatic N) is 1. The Morgan fingerprint density at radius 2 is 2.17 bits per heavy atom. The first-order valence-electron chi connectivity index (χ1n) is 7.22. The molecule has 2 unspecified atom stereocenters. The number of rotatable bonds is 6. The van der Waals surface area contributed by atoms with Crippen LogP contribution in [-0.4, -0.2) is 43.5 Å². The number of carbonyl (C=O) groups excluding carboxylic acids is 1. The standard InChI is InChI=1S/C14H29N3O/c1-11(2)8-12(9-15)14(18)16-10-13-6-4-5-7-17(13)3/h11-13H,4-10,15H2,1-3H3,(H,16,18). The average Bonchev–Trinajstić information content (AvgIpc) is 2.34. The van der Waals surface area contributed by atoms with E-state index in [4.69, 9.17) is 5.73 Å². The largest absolute Gasteiger partial charge is 0.354 e. The van der Waals surface area contributed by atoms with Crippen molar-refractivity contribution >= 4 is 5.91 Å². The fourth-order valence-electron chi connectivity index (χ4n) is 2.64. The van der Waals surface area contributed by atoms with Crippen LogP contribution in [0, 0.1) is 11.8 Å². The lowest BCUT2D eigenvalue weighted by Gasteiger charge is -2.32. The van der Waals surface area contributed by atoms with Gasteiger partial charge in [-0.3, -0.25) is 4.79 Å². The topological polar surface area (TPSA) is 58.4 Å². The molecule has 2 atom stereocenters. The first kappa shape index (κ1) is 15.4. The van der Waals surface area contributed by atoms with Gasteiger partial charge in [0.15, 0.2) is 0 Å². The fraction of sp³-hybridized carbons (Fsp3) is 0.929. The summed E-state index contributed by atoms with van der Waals surface area (Å²) >= 11 is 0. The van der Waals surface area contributed by atoms with Crippen molar-refractivity contribution in [2.75, 3.05) is 26.7 Å². The Kier molecular flexibility index (Phi) is 6.65. The molecule has 18 heavy (non-hydrogen) atoms. The average molecular weight is 255 g/mol. The molecule has 0 spiro atoms. The highest BCUT2D eigenvalue weighted by Gasteiger charge is 2.22. The SMILES string of the molecule is CC(C)CC(CN)C(=O)NCC1CCCCN1C. The number of amides is 1. The van der Waals surface area contributed by atoms with Crippen molar-refractivity contribution in [1.29, 1.82) is 0 Å². The second-order valence-electron chi connectivity index (χ2n) is 5.94. The molecule has 1 rings (SSSR count). The summed E-state index contributed by atoms with van der Waals surface area (Å²) in [6.45, 7) is 6.62. The molecule has 0 aliphatic carbocycles. The molecule has 0 aromatic carbocycles.